The van der Waals surface area contributed by atoms with Gasteiger partial charge >= 0.3 is 0 Å². The van der Waals surface area contributed by atoms with Crippen molar-refractivity contribution in [3.05, 3.63) is 29.5 Å². The van der Waals surface area contributed by atoms with E-state index in [9.17, 15) is 5.11 Å². The van der Waals surface area contributed by atoms with Crippen LogP contribution in [0.1, 0.15) is 56.3 Å². The maximum Gasteiger partial charge on any atom is 0.134 e. The van der Waals surface area contributed by atoms with Crippen molar-refractivity contribution in [2.45, 2.75) is 69.9 Å². The standard InChI is InChI=1S/C21H29NO3/c23-16(13-22-15-6-2-1-3-7-15)14-24-17-10-11-21-19(12-17)18-8-4-5-9-20(18)25-21/h10-12,15-16,22-23H,1-9,13-14H2. The average Bonchev–Trinajstić information content (AvgIpc) is 3.03. The molecule has 0 saturated heterocycles. The average molecular weight is 343 g/mol. The summed E-state index contributed by atoms with van der Waals surface area (Å²) in [6.07, 6.45) is 10.5. The molecule has 1 saturated carbocycles. The lowest BCUT2D eigenvalue weighted by atomic mass is 9.95. The van der Waals surface area contributed by atoms with E-state index in [-0.39, 0.29) is 0 Å². The van der Waals surface area contributed by atoms with E-state index in [0.717, 1.165) is 29.9 Å². The van der Waals surface area contributed by atoms with Gasteiger partial charge in [-0.1, -0.05) is 19.3 Å². The van der Waals surface area contributed by atoms with Crippen LogP contribution in [0.3, 0.4) is 0 Å². The van der Waals surface area contributed by atoms with Gasteiger partial charge in [0.25, 0.3) is 0 Å². The van der Waals surface area contributed by atoms with Crippen LogP contribution in [0.4, 0.5) is 0 Å². The van der Waals surface area contributed by atoms with Gasteiger partial charge < -0.3 is 19.6 Å². The highest BCUT2D eigenvalue weighted by molar-refractivity contribution is 5.84. The Morgan fingerprint density at radius 2 is 1.96 bits per heavy atom. The molecule has 4 heteroatoms. The number of hydrogen-bond acceptors (Lipinski definition) is 4. The molecule has 4 rings (SSSR count). The van der Waals surface area contributed by atoms with Gasteiger partial charge in [-0.2, -0.15) is 0 Å². The normalized spacial score (nSPS) is 19.7. The van der Waals surface area contributed by atoms with Gasteiger partial charge in [-0.25, -0.2) is 0 Å². The third-order valence-corrected chi connectivity index (χ3v) is 5.62. The van der Waals surface area contributed by atoms with Crippen molar-refractivity contribution in [1.82, 2.24) is 5.32 Å². The van der Waals surface area contributed by atoms with Crippen LogP contribution in [0.15, 0.2) is 22.6 Å². The van der Waals surface area contributed by atoms with E-state index >= 15 is 0 Å². The van der Waals surface area contributed by atoms with E-state index in [4.69, 9.17) is 9.15 Å². The van der Waals surface area contributed by atoms with Crippen molar-refractivity contribution in [2.24, 2.45) is 0 Å². The lowest BCUT2D eigenvalue weighted by molar-refractivity contribution is 0.102. The van der Waals surface area contributed by atoms with Crippen LogP contribution in [-0.2, 0) is 12.8 Å². The molecule has 1 unspecified atom stereocenters. The molecule has 2 N–H and O–H groups in total. The molecular weight excluding hydrogens is 314 g/mol. The molecule has 25 heavy (non-hydrogen) atoms. The predicted molar refractivity (Wildman–Crippen MR) is 99.2 cm³/mol. The van der Waals surface area contributed by atoms with Crippen LogP contribution in [0, 0.1) is 0 Å². The number of rotatable bonds is 6. The molecule has 4 nitrogen and oxygen atoms in total. The summed E-state index contributed by atoms with van der Waals surface area (Å²) in [5.74, 6) is 1.97. The molecule has 1 fully saturated rings. The summed E-state index contributed by atoms with van der Waals surface area (Å²) in [5.41, 5.74) is 2.31. The fraction of sp³-hybridized carbons (Fsp3) is 0.619. The number of benzene rings is 1. The smallest absolute Gasteiger partial charge is 0.134 e. The Balaban J connectivity index is 1.32. The third kappa shape index (κ3) is 4.01. The molecule has 136 valence electrons. The summed E-state index contributed by atoms with van der Waals surface area (Å²) < 4.78 is 11.8. The lowest BCUT2D eigenvalue weighted by Crippen LogP contribution is -2.38. The Morgan fingerprint density at radius 1 is 1.12 bits per heavy atom. The highest BCUT2D eigenvalue weighted by atomic mass is 16.5. The van der Waals surface area contributed by atoms with E-state index in [1.165, 1.54) is 55.9 Å². The van der Waals surface area contributed by atoms with Gasteiger partial charge in [0.2, 0.25) is 0 Å². The van der Waals surface area contributed by atoms with E-state index < -0.39 is 6.10 Å². The molecule has 1 aromatic carbocycles. The molecule has 0 aliphatic heterocycles. The number of ether oxygens (including phenoxy) is 1. The van der Waals surface area contributed by atoms with Gasteiger partial charge in [0, 0.05) is 30.0 Å². The zero-order valence-corrected chi connectivity index (χ0v) is 14.9. The van der Waals surface area contributed by atoms with E-state index in [1.807, 2.05) is 12.1 Å². The van der Waals surface area contributed by atoms with Crippen LogP contribution >= 0.6 is 0 Å². The second-order valence-corrected chi connectivity index (χ2v) is 7.58. The molecule has 2 aliphatic carbocycles. The Hall–Kier alpha value is -1.52. The van der Waals surface area contributed by atoms with Crippen molar-refractivity contribution in [1.29, 1.82) is 0 Å². The molecule has 0 radical (unpaired) electrons. The minimum atomic E-state index is -0.476. The first-order valence-corrected chi connectivity index (χ1v) is 9.88. The number of aryl methyl sites for hydroxylation is 2. The van der Waals surface area contributed by atoms with E-state index in [2.05, 4.69) is 11.4 Å². The van der Waals surface area contributed by atoms with Gasteiger partial charge in [0.1, 0.15) is 29.8 Å². The maximum atomic E-state index is 10.2. The Bertz CT molecular complexity index is 702. The van der Waals surface area contributed by atoms with Crippen molar-refractivity contribution < 1.29 is 14.3 Å². The fourth-order valence-corrected chi connectivity index (χ4v) is 4.19. The van der Waals surface area contributed by atoms with Gasteiger partial charge in [0.15, 0.2) is 0 Å². The lowest BCUT2D eigenvalue weighted by Gasteiger charge is -2.24. The SMILES string of the molecule is OC(CNC1CCCCC1)COc1ccc2oc3c(c2c1)CCCC3. The summed E-state index contributed by atoms with van der Waals surface area (Å²) in [6, 6.07) is 6.58. The van der Waals surface area contributed by atoms with E-state index in [0.29, 0.717) is 19.2 Å². The summed E-state index contributed by atoms with van der Waals surface area (Å²) in [5, 5.41) is 14.9. The molecule has 2 aromatic rings. The van der Waals surface area contributed by atoms with Crippen LogP contribution in [0.25, 0.3) is 11.0 Å². The highest BCUT2D eigenvalue weighted by Gasteiger charge is 2.18. The van der Waals surface area contributed by atoms with Crippen molar-refractivity contribution in [3.8, 4) is 5.75 Å². The summed E-state index contributed by atoms with van der Waals surface area (Å²) in [6.45, 7) is 0.930. The molecule has 1 atom stereocenters. The molecular formula is C21H29NO3. The molecule has 1 heterocycles. The van der Waals surface area contributed by atoms with Crippen molar-refractivity contribution in [2.75, 3.05) is 13.2 Å². The number of furan rings is 1. The first-order chi connectivity index (χ1) is 12.3. The van der Waals surface area contributed by atoms with Gasteiger partial charge in [0.05, 0.1) is 0 Å². The quantitative estimate of drug-likeness (QED) is 0.833. The predicted octanol–water partition coefficient (Wildman–Crippen LogP) is 3.97. The van der Waals surface area contributed by atoms with Crippen LogP contribution < -0.4 is 10.1 Å². The van der Waals surface area contributed by atoms with Crippen LogP contribution in [-0.4, -0.2) is 30.4 Å². The molecule has 0 bridgehead atoms. The Kier molecular flexibility index (Phi) is 5.28. The van der Waals surface area contributed by atoms with Gasteiger partial charge in [-0.15, -0.1) is 0 Å². The van der Waals surface area contributed by atoms with E-state index in [1.54, 1.807) is 0 Å². The van der Waals surface area contributed by atoms with Crippen molar-refractivity contribution in [3.63, 3.8) is 0 Å². The number of aliphatic hydroxyl groups excluding tert-OH is 1. The second kappa shape index (κ2) is 7.79. The minimum Gasteiger partial charge on any atom is -0.491 e. The van der Waals surface area contributed by atoms with Crippen LogP contribution in [0.5, 0.6) is 5.75 Å². The number of hydrogen-bond donors (Lipinski definition) is 2. The number of nitrogens with one attached hydrogen (secondary N) is 1. The Labute approximate surface area is 149 Å². The zero-order chi connectivity index (χ0) is 17.1. The number of fused-ring (bicyclic) bond motifs is 3. The number of aliphatic hydroxyl groups is 1. The molecule has 2 aliphatic rings. The fourth-order valence-electron chi connectivity index (χ4n) is 4.19. The molecule has 1 aromatic heterocycles. The van der Waals surface area contributed by atoms with Gasteiger partial charge in [-0.3, -0.25) is 0 Å². The summed E-state index contributed by atoms with van der Waals surface area (Å²) in [7, 11) is 0. The maximum absolute atomic E-state index is 10.2. The molecule has 0 amide bonds. The summed E-state index contributed by atoms with van der Waals surface area (Å²) in [4.78, 5) is 0. The molecule has 0 spiro atoms. The largest absolute Gasteiger partial charge is 0.491 e. The Morgan fingerprint density at radius 3 is 2.84 bits per heavy atom. The summed E-state index contributed by atoms with van der Waals surface area (Å²) >= 11 is 0. The highest BCUT2D eigenvalue weighted by Crippen LogP contribution is 2.33. The van der Waals surface area contributed by atoms with Crippen molar-refractivity contribution >= 4 is 11.0 Å². The first kappa shape index (κ1) is 16.9. The topological polar surface area (TPSA) is 54.6 Å². The monoisotopic (exact) mass is 343 g/mol. The second-order valence-electron chi connectivity index (χ2n) is 7.58. The first-order valence-electron chi connectivity index (χ1n) is 9.88. The van der Waals surface area contributed by atoms with Crippen LogP contribution in [0.2, 0.25) is 0 Å². The van der Waals surface area contributed by atoms with Gasteiger partial charge in [-0.05, 0) is 50.3 Å². The minimum absolute atomic E-state index is 0.325. The zero-order valence-electron chi connectivity index (χ0n) is 14.9. The third-order valence-electron chi connectivity index (χ3n) is 5.62.